The highest BCUT2D eigenvalue weighted by atomic mass is 16.6. The summed E-state index contributed by atoms with van der Waals surface area (Å²) in [5.41, 5.74) is 7.36. The van der Waals surface area contributed by atoms with Gasteiger partial charge >= 0.3 is 11.9 Å². The standard InChI is InChI=1S/C12H15NO3/c1-3-4-11(14)16-12(15)9-5-6-10(13)8(2)7-9/h5-7H,3-4,13H2,1-2H3. The second-order valence-corrected chi connectivity index (χ2v) is 3.58. The molecule has 0 amide bonds. The van der Waals surface area contributed by atoms with Crippen molar-refractivity contribution in [1.29, 1.82) is 0 Å². The van der Waals surface area contributed by atoms with Gasteiger partial charge in [-0.05, 0) is 37.1 Å². The van der Waals surface area contributed by atoms with Gasteiger partial charge < -0.3 is 10.5 Å². The van der Waals surface area contributed by atoms with Crippen molar-refractivity contribution in [3.05, 3.63) is 29.3 Å². The first kappa shape index (κ1) is 12.2. The fraction of sp³-hybridized carbons (Fsp3) is 0.333. The number of ether oxygens (including phenoxy) is 1. The molecule has 0 heterocycles. The minimum Gasteiger partial charge on any atom is -0.399 e. The van der Waals surface area contributed by atoms with Gasteiger partial charge in [-0.15, -0.1) is 0 Å². The molecule has 0 spiro atoms. The Morgan fingerprint density at radius 2 is 2.06 bits per heavy atom. The highest BCUT2D eigenvalue weighted by Gasteiger charge is 2.12. The minimum absolute atomic E-state index is 0.250. The van der Waals surface area contributed by atoms with Crippen LogP contribution >= 0.6 is 0 Å². The highest BCUT2D eigenvalue weighted by Crippen LogP contribution is 2.13. The number of rotatable bonds is 3. The van der Waals surface area contributed by atoms with Crippen LogP contribution in [0.4, 0.5) is 5.69 Å². The lowest BCUT2D eigenvalue weighted by atomic mass is 10.1. The van der Waals surface area contributed by atoms with Crippen LogP contribution in [0.1, 0.15) is 35.7 Å². The van der Waals surface area contributed by atoms with E-state index in [0.717, 1.165) is 5.56 Å². The van der Waals surface area contributed by atoms with E-state index in [4.69, 9.17) is 5.73 Å². The quantitative estimate of drug-likeness (QED) is 0.482. The third-order valence-electron chi connectivity index (χ3n) is 2.17. The van der Waals surface area contributed by atoms with Gasteiger partial charge in [0.05, 0.1) is 5.56 Å². The van der Waals surface area contributed by atoms with Crippen molar-refractivity contribution in [2.24, 2.45) is 0 Å². The Kier molecular flexibility index (Phi) is 4.05. The monoisotopic (exact) mass is 221 g/mol. The lowest BCUT2D eigenvalue weighted by Gasteiger charge is -2.04. The van der Waals surface area contributed by atoms with Gasteiger partial charge in [-0.2, -0.15) is 0 Å². The Balaban J connectivity index is 2.73. The van der Waals surface area contributed by atoms with E-state index in [-0.39, 0.29) is 6.42 Å². The molecule has 86 valence electrons. The molecular weight excluding hydrogens is 206 g/mol. The SMILES string of the molecule is CCCC(=O)OC(=O)c1ccc(N)c(C)c1. The average Bonchev–Trinajstić information content (AvgIpc) is 2.22. The van der Waals surface area contributed by atoms with Gasteiger partial charge in [0.15, 0.2) is 0 Å². The van der Waals surface area contributed by atoms with Crippen molar-refractivity contribution < 1.29 is 14.3 Å². The van der Waals surface area contributed by atoms with Crippen LogP contribution in [0.2, 0.25) is 0 Å². The molecule has 16 heavy (non-hydrogen) atoms. The summed E-state index contributed by atoms with van der Waals surface area (Å²) in [6, 6.07) is 4.77. The van der Waals surface area contributed by atoms with E-state index in [2.05, 4.69) is 4.74 Å². The molecule has 0 aliphatic carbocycles. The van der Waals surface area contributed by atoms with Crippen LogP contribution in [0.5, 0.6) is 0 Å². The molecule has 4 nitrogen and oxygen atoms in total. The summed E-state index contributed by atoms with van der Waals surface area (Å²) < 4.78 is 4.65. The van der Waals surface area contributed by atoms with Crippen LogP contribution in [0, 0.1) is 6.92 Å². The Morgan fingerprint density at radius 1 is 1.38 bits per heavy atom. The van der Waals surface area contributed by atoms with Gasteiger partial charge in [0.1, 0.15) is 0 Å². The predicted molar refractivity (Wildman–Crippen MR) is 60.9 cm³/mol. The molecule has 0 radical (unpaired) electrons. The Morgan fingerprint density at radius 3 is 2.62 bits per heavy atom. The van der Waals surface area contributed by atoms with Gasteiger partial charge in [-0.3, -0.25) is 4.79 Å². The molecule has 0 saturated carbocycles. The molecule has 1 rings (SSSR count). The second-order valence-electron chi connectivity index (χ2n) is 3.58. The van der Waals surface area contributed by atoms with Gasteiger partial charge in [0, 0.05) is 12.1 Å². The molecule has 0 fully saturated rings. The van der Waals surface area contributed by atoms with Crippen LogP contribution < -0.4 is 5.73 Å². The van der Waals surface area contributed by atoms with Crippen LogP contribution in [0.15, 0.2) is 18.2 Å². The van der Waals surface area contributed by atoms with Crippen molar-refractivity contribution in [2.45, 2.75) is 26.7 Å². The maximum atomic E-state index is 11.5. The summed E-state index contributed by atoms with van der Waals surface area (Å²) in [6.45, 7) is 3.64. The maximum Gasteiger partial charge on any atom is 0.345 e. The van der Waals surface area contributed by atoms with Crippen LogP contribution in [-0.2, 0) is 9.53 Å². The predicted octanol–water partition coefficient (Wildman–Crippen LogP) is 2.06. The molecule has 0 aliphatic heterocycles. The van der Waals surface area contributed by atoms with E-state index in [1.165, 1.54) is 0 Å². The molecule has 0 atom stereocenters. The van der Waals surface area contributed by atoms with E-state index in [9.17, 15) is 9.59 Å². The van der Waals surface area contributed by atoms with E-state index in [1.54, 1.807) is 25.1 Å². The molecule has 0 bridgehead atoms. The van der Waals surface area contributed by atoms with Gasteiger partial charge in [0.2, 0.25) is 0 Å². The summed E-state index contributed by atoms with van der Waals surface area (Å²) in [5.74, 6) is -1.12. The van der Waals surface area contributed by atoms with Crippen molar-refractivity contribution in [2.75, 3.05) is 5.73 Å². The van der Waals surface area contributed by atoms with Gasteiger partial charge in [-0.25, -0.2) is 4.79 Å². The average molecular weight is 221 g/mol. The van der Waals surface area contributed by atoms with Crippen LogP contribution in [-0.4, -0.2) is 11.9 Å². The van der Waals surface area contributed by atoms with E-state index < -0.39 is 11.9 Å². The molecule has 1 aromatic carbocycles. The minimum atomic E-state index is -0.624. The zero-order valence-electron chi connectivity index (χ0n) is 9.45. The number of benzene rings is 1. The number of carbonyl (C=O) groups excluding carboxylic acids is 2. The van der Waals surface area contributed by atoms with Gasteiger partial charge in [-0.1, -0.05) is 6.92 Å². The number of hydrogen-bond acceptors (Lipinski definition) is 4. The molecule has 2 N–H and O–H groups in total. The third kappa shape index (κ3) is 3.08. The second kappa shape index (κ2) is 5.30. The van der Waals surface area contributed by atoms with Crippen molar-refractivity contribution in [1.82, 2.24) is 0 Å². The Hall–Kier alpha value is -1.84. The van der Waals surface area contributed by atoms with Crippen LogP contribution in [0.25, 0.3) is 0 Å². The summed E-state index contributed by atoms with van der Waals surface area (Å²) in [6.07, 6.45) is 0.909. The molecule has 4 heteroatoms. The number of carbonyl (C=O) groups is 2. The zero-order chi connectivity index (χ0) is 12.1. The van der Waals surface area contributed by atoms with E-state index >= 15 is 0 Å². The largest absolute Gasteiger partial charge is 0.399 e. The highest BCUT2D eigenvalue weighted by molar-refractivity contribution is 5.97. The van der Waals surface area contributed by atoms with E-state index in [1.807, 2.05) is 6.92 Å². The van der Waals surface area contributed by atoms with Crippen molar-refractivity contribution in [3.8, 4) is 0 Å². The third-order valence-corrected chi connectivity index (χ3v) is 2.17. The molecule has 0 saturated heterocycles. The zero-order valence-corrected chi connectivity index (χ0v) is 9.45. The van der Waals surface area contributed by atoms with Crippen molar-refractivity contribution >= 4 is 17.6 Å². The normalized spacial score (nSPS) is 9.88. The molecule has 0 aromatic heterocycles. The number of anilines is 1. The molecule has 0 aliphatic rings. The van der Waals surface area contributed by atoms with Gasteiger partial charge in [0.25, 0.3) is 0 Å². The summed E-state index contributed by atoms with van der Waals surface area (Å²) in [5, 5.41) is 0. The summed E-state index contributed by atoms with van der Waals surface area (Å²) >= 11 is 0. The van der Waals surface area contributed by atoms with E-state index in [0.29, 0.717) is 17.7 Å². The smallest absolute Gasteiger partial charge is 0.345 e. The fourth-order valence-corrected chi connectivity index (χ4v) is 1.22. The first-order valence-electron chi connectivity index (χ1n) is 5.15. The molecule has 0 unspecified atom stereocenters. The van der Waals surface area contributed by atoms with Crippen molar-refractivity contribution in [3.63, 3.8) is 0 Å². The topological polar surface area (TPSA) is 69.4 Å². The fourth-order valence-electron chi connectivity index (χ4n) is 1.22. The lowest BCUT2D eigenvalue weighted by molar-refractivity contribution is -0.137. The number of hydrogen-bond donors (Lipinski definition) is 1. The Labute approximate surface area is 94.4 Å². The maximum absolute atomic E-state index is 11.5. The summed E-state index contributed by atoms with van der Waals surface area (Å²) in [4.78, 5) is 22.6. The number of nitrogen functional groups attached to an aromatic ring is 1. The number of esters is 2. The van der Waals surface area contributed by atoms with Crippen LogP contribution in [0.3, 0.4) is 0 Å². The number of nitrogens with two attached hydrogens (primary N) is 1. The molecular formula is C12H15NO3. The molecule has 1 aromatic rings. The lowest BCUT2D eigenvalue weighted by Crippen LogP contribution is -2.12. The first-order chi connectivity index (χ1) is 7.54. The first-order valence-corrected chi connectivity index (χ1v) is 5.15. The summed E-state index contributed by atoms with van der Waals surface area (Å²) in [7, 11) is 0. The number of aryl methyl sites for hydroxylation is 1. The Bertz CT molecular complexity index is 413.